The molecule has 0 amide bonds. The molecule has 2 heterocycles. The predicted octanol–water partition coefficient (Wildman–Crippen LogP) is 2.66. The Hall–Kier alpha value is -5.04. The molecule has 44 heavy (non-hydrogen) atoms. The van der Waals surface area contributed by atoms with Gasteiger partial charge in [0.15, 0.2) is 0 Å². The SMILES string of the molecule is COCN1C(C)=C(C(=O)OC)C(c2cccc([N+](=O)[O-])c2)C(CCOC(=O)c2ccc(Cn3ccnc3)cc2)(C(=O)[O-])C1C. The van der Waals surface area contributed by atoms with Crippen LogP contribution < -0.4 is 5.11 Å². The number of carbonyl (C=O) groups excluding carboxylic acids is 3. The third-order valence-corrected chi connectivity index (χ3v) is 8.17. The summed E-state index contributed by atoms with van der Waals surface area (Å²) in [4.78, 5) is 56.2. The van der Waals surface area contributed by atoms with Crippen LogP contribution in [0.25, 0.3) is 0 Å². The summed E-state index contributed by atoms with van der Waals surface area (Å²) in [7, 11) is 2.59. The molecule has 232 valence electrons. The Morgan fingerprint density at radius 1 is 1.09 bits per heavy atom. The van der Waals surface area contributed by atoms with Gasteiger partial charge in [0.1, 0.15) is 6.73 Å². The summed E-state index contributed by atoms with van der Waals surface area (Å²) < 4.78 is 17.8. The number of hydrogen-bond acceptors (Lipinski definition) is 11. The van der Waals surface area contributed by atoms with Gasteiger partial charge in [-0.25, -0.2) is 14.6 Å². The van der Waals surface area contributed by atoms with Crippen LogP contribution in [0, 0.1) is 15.5 Å². The Balaban J connectivity index is 1.70. The minimum Gasteiger partial charge on any atom is -0.549 e. The van der Waals surface area contributed by atoms with Crippen molar-refractivity contribution >= 4 is 23.6 Å². The highest BCUT2D eigenvalue weighted by atomic mass is 16.6. The molecular weight excluding hydrogens is 572 g/mol. The molecule has 1 aromatic heterocycles. The maximum atomic E-state index is 13.3. The van der Waals surface area contributed by atoms with Gasteiger partial charge in [-0.2, -0.15) is 0 Å². The van der Waals surface area contributed by atoms with Crippen LogP contribution in [-0.4, -0.2) is 70.9 Å². The number of rotatable bonds is 12. The summed E-state index contributed by atoms with van der Waals surface area (Å²) in [5.41, 5.74) is -0.438. The molecule has 1 aliphatic rings. The number of carboxylic acid groups (broad SMARTS) is 1. The number of nitro benzene ring substituents is 1. The quantitative estimate of drug-likeness (QED) is 0.169. The van der Waals surface area contributed by atoms with Crippen LogP contribution >= 0.6 is 0 Å². The minimum absolute atomic E-state index is 0.0212. The van der Waals surface area contributed by atoms with Gasteiger partial charge in [0.25, 0.3) is 5.69 Å². The largest absolute Gasteiger partial charge is 0.549 e. The first-order valence-electron chi connectivity index (χ1n) is 13.8. The van der Waals surface area contributed by atoms with Crippen LogP contribution in [0.4, 0.5) is 5.69 Å². The lowest BCUT2D eigenvalue weighted by Gasteiger charge is -2.54. The van der Waals surface area contributed by atoms with Crippen LogP contribution in [-0.2, 0) is 30.3 Å². The zero-order valence-corrected chi connectivity index (χ0v) is 24.8. The normalized spacial score (nSPS) is 19.9. The van der Waals surface area contributed by atoms with E-state index < -0.39 is 40.2 Å². The first-order valence-corrected chi connectivity index (χ1v) is 13.8. The number of non-ortho nitro benzene ring substituents is 1. The number of ether oxygens (including phenoxy) is 3. The van der Waals surface area contributed by atoms with Crippen LogP contribution in [0.2, 0.25) is 0 Å². The van der Waals surface area contributed by atoms with E-state index in [1.807, 2.05) is 10.8 Å². The van der Waals surface area contributed by atoms with Gasteiger partial charge in [0, 0.05) is 61.3 Å². The first kappa shape index (κ1) is 31.9. The molecule has 4 rings (SSSR count). The van der Waals surface area contributed by atoms with Gasteiger partial charge < -0.3 is 33.6 Å². The van der Waals surface area contributed by atoms with Gasteiger partial charge in [0.05, 0.1) is 42.1 Å². The molecule has 3 unspecified atom stereocenters. The lowest BCUT2D eigenvalue weighted by Crippen LogP contribution is -2.62. The van der Waals surface area contributed by atoms with E-state index in [2.05, 4.69) is 4.98 Å². The molecule has 0 saturated carbocycles. The number of nitrogens with zero attached hydrogens (tertiary/aromatic N) is 4. The van der Waals surface area contributed by atoms with E-state index in [0.717, 1.165) is 12.7 Å². The van der Waals surface area contributed by atoms with Crippen molar-refractivity contribution in [2.45, 2.75) is 38.8 Å². The molecule has 0 radical (unpaired) electrons. The topological polar surface area (TPSA) is 166 Å². The van der Waals surface area contributed by atoms with Crippen molar-refractivity contribution in [2.24, 2.45) is 5.41 Å². The summed E-state index contributed by atoms with van der Waals surface area (Å²) in [5.74, 6) is -4.26. The molecule has 0 saturated heterocycles. The number of aromatic nitrogens is 2. The van der Waals surface area contributed by atoms with Gasteiger partial charge in [-0.1, -0.05) is 24.3 Å². The smallest absolute Gasteiger partial charge is 0.338 e. The number of benzene rings is 2. The summed E-state index contributed by atoms with van der Waals surface area (Å²) in [6, 6.07) is 11.3. The van der Waals surface area contributed by atoms with Crippen molar-refractivity contribution in [1.82, 2.24) is 14.5 Å². The lowest BCUT2D eigenvalue weighted by molar-refractivity contribution is -0.385. The number of hydrogen-bond donors (Lipinski definition) is 0. The van der Waals surface area contributed by atoms with Crippen molar-refractivity contribution in [3.8, 4) is 0 Å². The van der Waals surface area contributed by atoms with Gasteiger partial charge in [0.2, 0.25) is 0 Å². The Labute approximate surface area is 253 Å². The Morgan fingerprint density at radius 3 is 2.41 bits per heavy atom. The highest BCUT2D eigenvalue weighted by Crippen LogP contribution is 2.53. The molecule has 1 aliphatic heterocycles. The number of nitro groups is 1. The second-order valence-corrected chi connectivity index (χ2v) is 10.5. The average molecular weight is 606 g/mol. The number of allylic oxidation sites excluding steroid dienone is 1. The molecule has 0 aliphatic carbocycles. The fourth-order valence-electron chi connectivity index (χ4n) is 5.91. The highest BCUT2D eigenvalue weighted by Gasteiger charge is 2.55. The highest BCUT2D eigenvalue weighted by molar-refractivity contribution is 5.94. The lowest BCUT2D eigenvalue weighted by atomic mass is 9.60. The molecule has 0 spiro atoms. The number of carboxylic acids is 1. The number of imidazole rings is 1. The van der Waals surface area contributed by atoms with Gasteiger partial charge >= 0.3 is 11.9 Å². The van der Waals surface area contributed by atoms with E-state index in [-0.39, 0.29) is 42.1 Å². The van der Waals surface area contributed by atoms with Crippen molar-refractivity contribution in [2.75, 3.05) is 27.6 Å². The molecule has 13 nitrogen and oxygen atoms in total. The summed E-state index contributed by atoms with van der Waals surface area (Å²) in [5, 5.41) is 24.9. The predicted molar refractivity (Wildman–Crippen MR) is 154 cm³/mol. The average Bonchev–Trinajstić information content (AvgIpc) is 3.53. The van der Waals surface area contributed by atoms with Gasteiger partial charge in [-0.05, 0) is 43.5 Å². The Kier molecular flexibility index (Phi) is 9.79. The Bertz CT molecular complexity index is 1550. The molecule has 0 N–H and O–H groups in total. The maximum absolute atomic E-state index is 13.3. The molecular formula is C31H33N4O9-. The fourth-order valence-corrected chi connectivity index (χ4v) is 5.91. The zero-order chi connectivity index (χ0) is 32.0. The second-order valence-electron chi connectivity index (χ2n) is 10.5. The zero-order valence-electron chi connectivity index (χ0n) is 24.8. The van der Waals surface area contributed by atoms with Crippen molar-refractivity contribution in [3.63, 3.8) is 0 Å². The number of aliphatic carboxylic acids is 1. The molecule has 3 atom stereocenters. The molecule has 2 aromatic carbocycles. The van der Waals surface area contributed by atoms with E-state index in [9.17, 15) is 29.6 Å². The van der Waals surface area contributed by atoms with Crippen molar-refractivity contribution in [1.29, 1.82) is 0 Å². The standard InChI is InChI=1S/C31H34N4O9/c1-20-26(29(37)43-4)27(24-6-5-7-25(16-24)35(40)41)31(30(38)39,21(2)34(20)19-42-3)12-15-44-28(36)23-10-8-22(9-11-23)17-33-14-13-32-18-33/h5-11,13-14,16,18,21,27H,12,15,17,19H2,1-4H3,(H,38,39)/p-1. The van der Waals surface area contributed by atoms with Crippen molar-refractivity contribution < 1.29 is 38.6 Å². The number of methoxy groups -OCH3 is 2. The van der Waals surface area contributed by atoms with E-state index in [1.165, 1.54) is 31.4 Å². The first-order chi connectivity index (χ1) is 21.0. The van der Waals surface area contributed by atoms with Crippen molar-refractivity contribution in [3.05, 3.63) is 105 Å². The van der Waals surface area contributed by atoms with Crippen LogP contribution in [0.1, 0.15) is 47.7 Å². The summed E-state index contributed by atoms with van der Waals surface area (Å²) in [6.07, 6.45) is 4.88. The third kappa shape index (κ3) is 6.18. The summed E-state index contributed by atoms with van der Waals surface area (Å²) >= 11 is 0. The van der Waals surface area contributed by atoms with E-state index >= 15 is 0 Å². The molecule has 13 heteroatoms. The molecule has 3 aromatic rings. The molecule has 0 fully saturated rings. The number of esters is 2. The second kappa shape index (κ2) is 13.5. The van der Waals surface area contributed by atoms with Gasteiger partial charge in [-0.15, -0.1) is 0 Å². The van der Waals surface area contributed by atoms with E-state index in [1.54, 1.807) is 55.5 Å². The van der Waals surface area contributed by atoms with Gasteiger partial charge in [-0.3, -0.25) is 10.1 Å². The van der Waals surface area contributed by atoms with E-state index in [4.69, 9.17) is 14.2 Å². The molecule has 0 bridgehead atoms. The third-order valence-electron chi connectivity index (χ3n) is 8.17. The monoisotopic (exact) mass is 605 g/mol. The fraction of sp³-hybridized carbons (Fsp3) is 0.355. The van der Waals surface area contributed by atoms with Crippen LogP contribution in [0.5, 0.6) is 0 Å². The number of carbonyl (C=O) groups is 3. The minimum atomic E-state index is -1.91. The van der Waals surface area contributed by atoms with Crippen LogP contribution in [0.15, 0.2) is 78.5 Å². The van der Waals surface area contributed by atoms with Crippen LogP contribution in [0.3, 0.4) is 0 Å². The van der Waals surface area contributed by atoms with E-state index in [0.29, 0.717) is 12.2 Å². The maximum Gasteiger partial charge on any atom is 0.338 e. The summed E-state index contributed by atoms with van der Waals surface area (Å²) in [6.45, 7) is 3.40. The Morgan fingerprint density at radius 2 is 1.82 bits per heavy atom.